The standard InChI is InChI=1S/C13H15BrClF3N2/c14-11-2-1-9(15)7-12(11)19-10-3-5-20(6-4-10)8-13(16,17)18/h1-2,7,10,19H,3-6,8H2. The van der Waals surface area contributed by atoms with Crippen LogP contribution in [0.5, 0.6) is 0 Å². The molecule has 1 aliphatic rings. The van der Waals surface area contributed by atoms with Gasteiger partial charge in [-0.2, -0.15) is 13.2 Å². The minimum Gasteiger partial charge on any atom is -0.381 e. The number of halogens is 5. The van der Waals surface area contributed by atoms with Crippen LogP contribution in [0.25, 0.3) is 0 Å². The molecule has 1 aromatic carbocycles. The maximum absolute atomic E-state index is 12.3. The van der Waals surface area contributed by atoms with E-state index in [-0.39, 0.29) is 6.04 Å². The number of nitrogens with zero attached hydrogens (tertiary/aromatic N) is 1. The zero-order valence-electron chi connectivity index (χ0n) is 10.7. The van der Waals surface area contributed by atoms with Crippen molar-refractivity contribution < 1.29 is 13.2 Å². The van der Waals surface area contributed by atoms with Crippen molar-refractivity contribution in [3.63, 3.8) is 0 Å². The first-order chi connectivity index (χ1) is 9.33. The maximum atomic E-state index is 12.3. The second-order valence-electron chi connectivity index (χ2n) is 4.93. The van der Waals surface area contributed by atoms with Crippen LogP contribution in [0.4, 0.5) is 18.9 Å². The average molecular weight is 372 g/mol. The fraction of sp³-hybridized carbons (Fsp3) is 0.538. The monoisotopic (exact) mass is 370 g/mol. The maximum Gasteiger partial charge on any atom is 0.401 e. The molecule has 1 aromatic rings. The Balaban J connectivity index is 1.87. The normalized spacial score (nSPS) is 18.2. The third-order valence-electron chi connectivity index (χ3n) is 3.28. The van der Waals surface area contributed by atoms with Gasteiger partial charge in [-0.1, -0.05) is 11.6 Å². The van der Waals surface area contributed by atoms with Gasteiger partial charge in [-0.25, -0.2) is 0 Å². The van der Waals surface area contributed by atoms with Gasteiger partial charge in [-0.15, -0.1) is 0 Å². The van der Waals surface area contributed by atoms with Crippen LogP contribution in [0, 0.1) is 0 Å². The van der Waals surface area contributed by atoms with Gasteiger partial charge in [0.2, 0.25) is 0 Å². The Hall–Kier alpha value is -0.460. The molecule has 20 heavy (non-hydrogen) atoms. The molecule has 0 bridgehead atoms. The second-order valence-corrected chi connectivity index (χ2v) is 6.22. The number of benzene rings is 1. The topological polar surface area (TPSA) is 15.3 Å². The lowest BCUT2D eigenvalue weighted by Gasteiger charge is -2.33. The number of piperidine rings is 1. The van der Waals surface area contributed by atoms with Crippen LogP contribution >= 0.6 is 27.5 Å². The smallest absolute Gasteiger partial charge is 0.381 e. The van der Waals surface area contributed by atoms with Gasteiger partial charge in [-0.3, -0.25) is 4.90 Å². The summed E-state index contributed by atoms with van der Waals surface area (Å²) in [7, 11) is 0. The molecular formula is C13H15BrClF3N2. The molecule has 0 amide bonds. The lowest BCUT2D eigenvalue weighted by atomic mass is 10.0. The molecule has 2 nitrogen and oxygen atoms in total. The Bertz CT molecular complexity index is 459. The van der Waals surface area contributed by atoms with Gasteiger partial charge in [0.25, 0.3) is 0 Å². The van der Waals surface area contributed by atoms with Gasteiger partial charge >= 0.3 is 6.18 Å². The summed E-state index contributed by atoms with van der Waals surface area (Å²) >= 11 is 9.36. The molecule has 0 saturated carbocycles. The number of nitrogens with one attached hydrogen (secondary N) is 1. The summed E-state index contributed by atoms with van der Waals surface area (Å²) in [6, 6.07) is 5.62. The number of likely N-dealkylation sites (tertiary alicyclic amines) is 1. The first kappa shape index (κ1) is 15.9. The van der Waals surface area contributed by atoms with E-state index in [1.807, 2.05) is 12.1 Å². The molecule has 1 saturated heterocycles. The molecule has 0 spiro atoms. The summed E-state index contributed by atoms with van der Waals surface area (Å²) in [6.07, 6.45) is -2.74. The van der Waals surface area contributed by atoms with E-state index in [9.17, 15) is 13.2 Å². The van der Waals surface area contributed by atoms with Crippen molar-refractivity contribution in [2.45, 2.75) is 25.1 Å². The van der Waals surface area contributed by atoms with E-state index in [1.54, 1.807) is 6.07 Å². The molecule has 1 fully saturated rings. The highest BCUT2D eigenvalue weighted by Crippen LogP contribution is 2.28. The van der Waals surface area contributed by atoms with Crippen LogP contribution in [0.15, 0.2) is 22.7 Å². The largest absolute Gasteiger partial charge is 0.401 e. The van der Waals surface area contributed by atoms with E-state index in [0.29, 0.717) is 31.0 Å². The predicted molar refractivity (Wildman–Crippen MR) is 78.3 cm³/mol. The molecule has 0 radical (unpaired) electrons. The summed E-state index contributed by atoms with van der Waals surface area (Å²) < 4.78 is 37.8. The van der Waals surface area contributed by atoms with Crippen molar-refractivity contribution in [2.75, 3.05) is 25.0 Å². The number of hydrogen-bond acceptors (Lipinski definition) is 2. The highest BCUT2D eigenvalue weighted by Gasteiger charge is 2.32. The molecule has 0 atom stereocenters. The zero-order chi connectivity index (χ0) is 14.8. The van der Waals surface area contributed by atoms with E-state index in [2.05, 4.69) is 21.2 Å². The highest BCUT2D eigenvalue weighted by atomic mass is 79.9. The average Bonchev–Trinajstić information content (AvgIpc) is 2.34. The van der Waals surface area contributed by atoms with Crippen LogP contribution in [0.2, 0.25) is 5.02 Å². The van der Waals surface area contributed by atoms with Gasteiger partial charge in [0.15, 0.2) is 0 Å². The molecule has 0 aliphatic carbocycles. The Labute approximate surface area is 129 Å². The molecule has 0 aromatic heterocycles. The van der Waals surface area contributed by atoms with E-state index >= 15 is 0 Å². The third-order valence-corrected chi connectivity index (χ3v) is 4.21. The van der Waals surface area contributed by atoms with E-state index in [0.717, 1.165) is 10.2 Å². The fourth-order valence-electron chi connectivity index (χ4n) is 2.32. The van der Waals surface area contributed by atoms with Gasteiger partial charge in [0.1, 0.15) is 0 Å². The first-order valence-corrected chi connectivity index (χ1v) is 7.51. The van der Waals surface area contributed by atoms with Gasteiger partial charge in [0.05, 0.1) is 12.2 Å². The quantitative estimate of drug-likeness (QED) is 0.839. The molecule has 7 heteroatoms. The zero-order valence-corrected chi connectivity index (χ0v) is 13.0. The van der Waals surface area contributed by atoms with Crippen molar-refractivity contribution in [1.82, 2.24) is 4.90 Å². The van der Waals surface area contributed by atoms with Crippen LogP contribution in [0.1, 0.15) is 12.8 Å². The molecule has 1 heterocycles. The Morgan fingerprint density at radius 2 is 1.95 bits per heavy atom. The van der Waals surface area contributed by atoms with E-state index in [4.69, 9.17) is 11.6 Å². The van der Waals surface area contributed by atoms with Crippen LogP contribution < -0.4 is 5.32 Å². The molecule has 2 rings (SSSR count). The summed E-state index contributed by atoms with van der Waals surface area (Å²) in [4.78, 5) is 1.45. The van der Waals surface area contributed by atoms with Crippen LogP contribution in [-0.4, -0.2) is 36.8 Å². The van der Waals surface area contributed by atoms with E-state index < -0.39 is 12.7 Å². The highest BCUT2D eigenvalue weighted by molar-refractivity contribution is 9.10. The lowest BCUT2D eigenvalue weighted by molar-refractivity contribution is -0.147. The Morgan fingerprint density at radius 3 is 2.55 bits per heavy atom. The summed E-state index contributed by atoms with van der Waals surface area (Å²) in [5.41, 5.74) is 0.881. The second kappa shape index (κ2) is 6.54. The van der Waals surface area contributed by atoms with Gasteiger partial charge < -0.3 is 5.32 Å². The van der Waals surface area contributed by atoms with Crippen molar-refractivity contribution in [1.29, 1.82) is 0 Å². The summed E-state index contributed by atoms with van der Waals surface area (Å²) in [5, 5.41) is 3.96. The third kappa shape index (κ3) is 4.82. The Kier molecular flexibility index (Phi) is 5.20. The number of hydrogen-bond donors (Lipinski definition) is 1. The number of anilines is 1. The Morgan fingerprint density at radius 1 is 1.30 bits per heavy atom. The van der Waals surface area contributed by atoms with Crippen molar-refractivity contribution >= 4 is 33.2 Å². The molecule has 0 unspecified atom stereocenters. The first-order valence-electron chi connectivity index (χ1n) is 6.34. The predicted octanol–water partition coefficient (Wildman–Crippen LogP) is 4.54. The van der Waals surface area contributed by atoms with Crippen LogP contribution in [-0.2, 0) is 0 Å². The molecule has 112 valence electrons. The number of rotatable bonds is 3. The molecule has 1 aliphatic heterocycles. The SMILES string of the molecule is FC(F)(F)CN1CCC(Nc2cc(Cl)ccc2Br)CC1. The van der Waals surface area contributed by atoms with Gasteiger partial charge in [0, 0.05) is 28.6 Å². The number of alkyl halides is 3. The minimum absolute atomic E-state index is 0.175. The van der Waals surface area contributed by atoms with Gasteiger partial charge in [-0.05, 0) is 47.0 Å². The lowest BCUT2D eigenvalue weighted by Crippen LogP contribution is -2.43. The summed E-state index contributed by atoms with van der Waals surface area (Å²) in [5.74, 6) is 0. The molecule has 1 N–H and O–H groups in total. The molecular weight excluding hydrogens is 357 g/mol. The van der Waals surface area contributed by atoms with Crippen molar-refractivity contribution in [2.24, 2.45) is 0 Å². The fourth-order valence-corrected chi connectivity index (χ4v) is 2.85. The van der Waals surface area contributed by atoms with Crippen LogP contribution in [0.3, 0.4) is 0 Å². The minimum atomic E-state index is -4.11. The van der Waals surface area contributed by atoms with E-state index in [1.165, 1.54) is 4.90 Å². The van der Waals surface area contributed by atoms with Crippen molar-refractivity contribution in [3.05, 3.63) is 27.7 Å². The summed E-state index contributed by atoms with van der Waals surface area (Å²) in [6.45, 7) is 0.0886. The van der Waals surface area contributed by atoms with Crippen molar-refractivity contribution in [3.8, 4) is 0 Å².